The monoisotopic (exact) mass is 353 g/mol. The molecule has 0 radical (unpaired) electrons. The van der Waals surface area contributed by atoms with Gasteiger partial charge in [-0.1, -0.05) is 37.8 Å². The van der Waals surface area contributed by atoms with Crippen LogP contribution >= 0.6 is 27.7 Å². The fraction of sp³-hybridized carbons (Fsp3) is 0.647. The number of hydrogen-bond donors (Lipinski definition) is 1. The summed E-state index contributed by atoms with van der Waals surface area (Å²) in [5, 5.41) is 0. The first-order valence-corrected chi connectivity index (χ1v) is 9.42. The SMILES string of the molecule is NCC1(Sc2ccccc2Br)CC2(CCCCCC2)C1. The number of thioether (sulfide) groups is 1. The Morgan fingerprint density at radius 2 is 1.70 bits per heavy atom. The first-order chi connectivity index (χ1) is 9.67. The van der Waals surface area contributed by atoms with Crippen molar-refractivity contribution in [1.29, 1.82) is 0 Å². The minimum absolute atomic E-state index is 0.286. The van der Waals surface area contributed by atoms with Gasteiger partial charge in [0.05, 0.1) is 0 Å². The molecule has 0 amide bonds. The van der Waals surface area contributed by atoms with E-state index < -0.39 is 0 Å². The molecule has 2 fully saturated rings. The lowest BCUT2D eigenvalue weighted by Crippen LogP contribution is -2.53. The van der Waals surface area contributed by atoms with Gasteiger partial charge in [-0.15, -0.1) is 11.8 Å². The van der Waals surface area contributed by atoms with E-state index in [4.69, 9.17) is 5.73 Å². The third kappa shape index (κ3) is 2.95. The predicted molar refractivity (Wildman–Crippen MR) is 91.2 cm³/mol. The van der Waals surface area contributed by atoms with Gasteiger partial charge in [0, 0.05) is 20.7 Å². The molecule has 0 aromatic heterocycles. The minimum Gasteiger partial charge on any atom is -0.329 e. The fourth-order valence-electron chi connectivity index (χ4n) is 4.17. The van der Waals surface area contributed by atoms with Crippen LogP contribution in [-0.4, -0.2) is 11.3 Å². The third-order valence-corrected chi connectivity index (χ3v) is 7.51. The van der Waals surface area contributed by atoms with Crippen molar-refractivity contribution >= 4 is 27.7 Å². The maximum Gasteiger partial charge on any atom is 0.0340 e. The summed E-state index contributed by atoms with van der Waals surface area (Å²) in [6.45, 7) is 0.806. The van der Waals surface area contributed by atoms with Gasteiger partial charge in [0.25, 0.3) is 0 Å². The maximum atomic E-state index is 6.16. The zero-order chi connectivity index (χ0) is 14.1. The average molecular weight is 354 g/mol. The second-order valence-corrected chi connectivity index (χ2v) is 9.05. The normalized spacial score (nSPS) is 24.1. The second kappa shape index (κ2) is 6.02. The standard InChI is InChI=1S/C17H24BrNS/c18-14-7-3-4-8-15(14)20-17(13-19)11-16(12-17)9-5-1-2-6-10-16/h3-4,7-8H,1-2,5-6,9-13,19H2. The van der Waals surface area contributed by atoms with Crippen molar-refractivity contribution in [3.05, 3.63) is 28.7 Å². The lowest BCUT2D eigenvalue weighted by Gasteiger charge is -2.56. The first-order valence-electron chi connectivity index (χ1n) is 7.81. The summed E-state index contributed by atoms with van der Waals surface area (Å²) in [5.74, 6) is 0. The highest BCUT2D eigenvalue weighted by atomic mass is 79.9. The molecule has 2 aliphatic carbocycles. The van der Waals surface area contributed by atoms with Gasteiger partial charge in [0.2, 0.25) is 0 Å². The number of rotatable bonds is 3. The first kappa shape index (κ1) is 14.9. The lowest BCUT2D eigenvalue weighted by atomic mass is 9.58. The quantitative estimate of drug-likeness (QED) is 0.789. The largest absolute Gasteiger partial charge is 0.329 e. The van der Waals surface area contributed by atoms with Gasteiger partial charge < -0.3 is 5.73 Å². The van der Waals surface area contributed by atoms with Crippen molar-refractivity contribution in [2.24, 2.45) is 11.1 Å². The predicted octanol–water partition coefficient (Wildman–Crippen LogP) is 5.37. The molecule has 0 unspecified atom stereocenters. The second-order valence-electron chi connectivity index (χ2n) is 6.69. The molecule has 0 saturated heterocycles. The molecule has 0 aliphatic heterocycles. The summed E-state index contributed by atoms with van der Waals surface area (Å²) in [6, 6.07) is 8.55. The van der Waals surface area contributed by atoms with Crippen LogP contribution in [0, 0.1) is 5.41 Å². The molecule has 3 rings (SSSR count). The molecule has 0 heterocycles. The van der Waals surface area contributed by atoms with E-state index in [1.165, 1.54) is 60.7 Å². The van der Waals surface area contributed by atoms with Crippen LogP contribution in [0.25, 0.3) is 0 Å². The number of nitrogens with two attached hydrogens (primary N) is 1. The van der Waals surface area contributed by atoms with Crippen LogP contribution in [0.5, 0.6) is 0 Å². The summed E-state index contributed by atoms with van der Waals surface area (Å²) >= 11 is 5.68. The molecule has 110 valence electrons. The Morgan fingerprint density at radius 1 is 1.05 bits per heavy atom. The smallest absolute Gasteiger partial charge is 0.0340 e. The van der Waals surface area contributed by atoms with Crippen molar-refractivity contribution in [1.82, 2.24) is 0 Å². The molecule has 1 aromatic carbocycles. The topological polar surface area (TPSA) is 26.0 Å². The molecule has 1 aromatic rings. The van der Waals surface area contributed by atoms with Crippen molar-refractivity contribution in [2.45, 2.75) is 61.0 Å². The summed E-state index contributed by atoms with van der Waals surface area (Å²) in [4.78, 5) is 1.35. The van der Waals surface area contributed by atoms with E-state index in [1.807, 2.05) is 11.8 Å². The van der Waals surface area contributed by atoms with Crippen molar-refractivity contribution < 1.29 is 0 Å². The molecule has 20 heavy (non-hydrogen) atoms. The van der Waals surface area contributed by atoms with Gasteiger partial charge in [-0.05, 0) is 59.2 Å². The molecule has 0 atom stereocenters. The summed E-state index contributed by atoms with van der Waals surface area (Å²) in [6.07, 6.45) is 11.3. The van der Waals surface area contributed by atoms with E-state index in [0.29, 0.717) is 5.41 Å². The molecule has 2 saturated carbocycles. The third-order valence-electron chi connectivity index (χ3n) is 5.09. The number of halogens is 1. The highest BCUT2D eigenvalue weighted by Gasteiger charge is 2.53. The van der Waals surface area contributed by atoms with Crippen LogP contribution in [0.15, 0.2) is 33.6 Å². The Hall–Kier alpha value is 0.01000. The van der Waals surface area contributed by atoms with E-state index in [2.05, 4.69) is 40.2 Å². The van der Waals surface area contributed by atoms with E-state index >= 15 is 0 Å². The van der Waals surface area contributed by atoms with Gasteiger partial charge in [0.1, 0.15) is 0 Å². The minimum atomic E-state index is 0.286. The van der Waals surface area contributed by atoms with Crippen molar-refractivity contribution in [3.8, 4) is 0 Å². The van der Waals surface area contributed by atoms with E-state index in [-0.39, 0.29) is 4.75 Å². The molecule has 3 heteroatoms. The van der Waals surface area contributed by atoms with Crippen LogP contribution in [0.2, 0.25) is 0 Å². The van der Waals surface area contributed by atoms with Crippen molar-refractivity contribution in [2.75, 3.05) is 6.54 Å². The summed E-state index contributed by atoms with van der Waals surface area (Å²) in [5.41, 5.74) is 6.79. The maximum absolute atomic E-state index is 6.16. The van der Waals surface area contributed by atoms with Crippen LogP contribution in [0.3, 0.4) is 0 Å². The van der Waals surface area contributed by atoms with Gasteiger partial charge in [-0.2, -0.15) is 0 Å². The molecule has 1 nitrogen and oxygen atoms in total. The number of benzene rings is 1. The van der Waals surface area contributed by atoms with E-state index in [1.54, 1.807) is 0 Å². The van der Waals surface area contributed by atoms with Gasteiger partial charge >= 0.3 is 0 Å². The van der Waals surface area contributed by atoms with Gasteiger partial charge in [-0.25, -0.2) is 0 Å². The van der Waals surface area contributed by atoms with Crippen LogP contribution in [-0.2, 0) is 0 Å². The Labute approximate surface area is 135 Å². The van der Waals surface area contributed by atoms with Gasteiger partial charge in [0.15, 0.2) is 0 Å². The Morgan fingerprint density at radius 3 is 2.30 bits per heavy atom. The highest BCUT2D eigenvalue weighted by Crippen LogP contribution is 2.62. The molecular formula is C17H24BrNS. The Balaban J connectivity index is 1.70. The zero-order valence-corrected chi connectivity index (χ0v) is 14.4. The lowest BCUT2D eigenvalue weighted by molar-refractivity contribution is 0.0659. The number of hydrogen-bond acceptors (Lipinski definition) is 2. The fourth-order valence-corrected chi connectivity index (χ4v) is 6.31. The average Bonchev–Trinajstić information content (AvgIpc) is 2.66. The van der Waals surface area contributed by atoms with E-state index in [9.17, 15) is 0 Å². The molecule has 2 aliphatic rings. The molecule has 2 N–H and O–H groups in total. The highest BCUT2D eigenvalue weighted by molar-refractivity contribution is 9.10. The Bertz CT molecular complexity index is 458. The van der Waals surface area contributed by atoms with E-state index in [0.717, 1.165) is 6.54 Å². The summed E-state index contributed by atoms with van der Waals surface area (Å²) in [7, 11) is 0. The molecule has 1 spiro atoms. The zero-order valence-electron chi connectivity index (χ0n) is 12.0. The summed E-state index contributed by atoms with van der Waals surface area (Å²) < 4.78 is 1.49. The molecule has 0 bridgehead atoms. The Kier molecular flexibility index (Phi) is 4.49. The van der Waals surface area contributed by atoms with Crippen molar-refractivity contribution in [3.63, 3.8) is 0 Å². The van der Waals surface area contributed by atoms with Crippen LogP contribution < -0.4 is 5.73 Å². The molecular weight excluding hydrogens is 330 g/mol. The van der Waals surface area contributed by atoms with Crippen LogP contribution in [0.4, 0.5) is 0 Å². The van der Waals surface area contributed by atoms with Crippen LogP contribution in [0.1, 0.15) is 51.4 Å². The van der Waals surface area contributed by atoms with Gasteiger partial charge in [-0.3, -0.25) is 0 Å².